The molecule has 0 aliphatic carbocycles. The number of carbonyl (C=O) groups excluding carboxylic acids is 3. The summed E-state index contributed by atoms with van der Waals surface area (Å²) in [6.45, 7) is 6.33. The molecule has 83 heavy (non-hydrogen) atoms. The maximum absolute atomic E-state index is 12.9. The van der Waals surface area contributed by atoms with E-state index in [-0.39, 0.29) is 37.5 Å². The highest BCUT2D eigenvalue weighted by atomic mass is 16.6. The van der Waals surface area contributed by atoms with Crippen LogP contribution < -0.4 is 0 Å². The van der Waals surface area contributed by atoms with Crippen LogP contribution in [0.15, 0.2) is 182 Å². The van der Waals surface area contributed by atoms with Crippen molar-refractivity contribution in [1.29, 1.82) is 0 Å². The van der Waals surface area contributed by atoms with Crippen molar-refractivity contribution in [2.75, 3.05) is 13.2 Å². The van der Waals surface area contributed by atoms with Gasteiger partial charge in [-0.1, -0.05) is 274 Å². The van der Waals surface area contributed by atoms with Gasteiger partial charge < -0.3 is 14.2 Å². The van der Waals surface area contributed by atoms with Crippen LogP contribution in [0.2, 0.25) is 0 Å². The van der Waals surface area contributed by atoms with Gasteiger partial charge in [0.2, 0.25) is 0 Å². The van der Waals surface area contributed by atoms with Crippen LogP contribution in [-0.2, 0) is 28.6 Å². The van der Waals surface area contributed by atoms with Crippen molar-refractivity contribution in [1.82, 2.24) is 0 Å². The Morgan fingerprint density at radius 3 is 0.783 bits per heavy atom. The minimum atomic E-state index is -0.830. The Morgan fingerprint density at radius 2 is 0.482 bits per heavy atom. The molecule has 0 saturated carbocycles. The number of rotatable bonds is 58. The third-order valence-corrected chi connectivity index (χ3v) is 13.4. The van der Waals surface area contributed by atoms with Gasteiger partial charge in [0.25, 0.3) is 0 Å². The van der Waals surface area contributed by atoms with Crippen molar-refractivity contribution in [2.45, 2.75) is 271 Å². The summed E-state index contributed by atoms with van der Waals surface area (Å²) in [7, 11) is 0. The summed E-state index contributed by atoms with van der Waals surface area (Å²) in [5, 5.41) is 0. The first kappa shape index (κ1) is 77.5. The number of hydrogen-bond donors (Lipinski definition) is 0. The van der Waals surface area contributed by atoms with E-state index in [1.807, 2.05) is 0 Å². The summed E-state index contributed by atoms with van der Waals surface area (Å²) in [5.74, 6) is -1.01. The first-order valence-corrected chi connectivity index (χ1v) is 33.3. The van der Waals surface area contributed by atoms with Gasteiger partial charge in [-0.2, -0.15) is 0 Å². The Bertz CT molecular complexity index is 1940. The van der Waals surface area contributed by atoms with Crippen molar-refractivity contribution in [3.05, 3.63) is 182 Å². The van der Waals surface area contributed by atoms with Crippen LogP contribution in [-0.4, -0.2) is 37.2 Å². The molecule has 0 radical (unpaired) electrons. The van der Waals surface area contributed by atoms with Crippen molar-refractivity contribution < 1.29 is 28.6 Å². The molecule has 0 bridgehead atoms. The summed E-state index contributed by atoms with van der Waals surface area (Å²) in [6, 6.07) is 0. The molecule has 0 heterocycles. The Labute approximate surface area is 510 Å². The molecule has 0 spiro atoms. The first-order chi connectivity index (χ1) is 41.0. The Balaban J connectivity index is 4.44. The topological polar surface area (TPSA) is 78.9 Å². The van der Waals surface area contributed by atoms with Gasteiger partial charge in [0, 0.05) is 19.3 Å². The second-order valence-electron chi connectivity index (χ2n) is 21.3. The molecule has 1 atom stereocenters. The lowest BCUT2D eigenvalue weighted by Gasteiger charge is -2.18. The second-order valence-corrected chi connectivity index (χ2v) is 21.3. The summed E-state index contributed by atoms with van der Waals surface area (Å²) in [4.78, 5) is 38.3. The fourth-order valence-electron chi connectivity index (χ4n) is 8.46. The average molecular weight is 1140 g/mol. The number of allylic oxidation sites excluding steroid dienone is 30. The molecule has 464 valence electrons. The minimum absolute atomic E-state index is 0.119. The van der Waals surface area contributed by atoms with Crippen molar-refractivity contribution in [3.8, 4) is 0 Å². The summed E-state index contributed by atoms with van der Waals surface area (Å²) < 4.78 is 16.8. The van der Waals surface area contributed by atoms with E-state index in [1.54, 1.807) is 0 Å². The maximum atomic E-state index is 12.9. The maximum Gasteiger partial charge on any atom is 0.306 e. The molecule has 0 saturated heterocycles. The van der Waals surface area contributed by atoms with Crippen molar-refractivity contribution >= 4 is 17.9 Å². The van der Waals surface area contributed by atoms with Gasteiger partial charge >= 0.3 is 17.9 Å². The molecular weight excluding hydrogens is 1020 g/mol. The molecule has 1 unspecified atom stereocenters. The average Bonchev–Trinajstić information content (AvgIpc) is 3.49. The lowest BCUT2D eigenvalue weighted by Crippen LogP contribution is -2.30. The van der Waals surface area contributed by atoms with E-state index < -0.39 is 6.10 Å². The van der Waals surface area contributed by atoms with Crippen LogP contribution in [0.3, 0.4) is 0 Å². The van der Waals surface area contributed by atoms with E-state index in [0.29, 0.717) is 19.3 Å². The molecule has 0 aliphatic rings. The van der Waals surface area contributed by atoms with E-state index in [0.717, 1.165) is 167 Å². The molecule has 0 aromatic heterocycles. The highest BCUT2D eigenvalue weighted by Gasteiger charge is 2.19. The molecule has 0 amide bonds. The molecule has 0 N–H and O–H groups in total. The van der Waals surface area contributed by atoms with Crippen molar-refractivity contribution in [2.24, 2.45) is 0 Å². The number of ether oxygens (including phenoxy) is 3. The van der Waals surface area contributed by atoms with Crippen LogP contribution in [0.5, 0.6) is 0 Å². The van der Waals surface area contributed by atoms with E-state index >= 15 is 0 Å². The van der Waals surface area contributed by atoms with Gasteiger partial charge in [-0.05, 0) is 154 Å². The van der Waals surface area contributed by atoms with Crippen LogP contribution >= 0.6 is 0 Å². The summed E-state index contributed by atoms with van der Waals surface area (Å²) in [6.07, 6.45) is 103. The largest absolute Gasteiger partial charge is 0.462 e. The summed E-state index contributed by atoms with van der Waals surface area (Å²) in [5.41, 5.74) is 0. The molecule has 0 rings (SSSR count). The molecule has 6 heteroatoms. The monoisotopic (exact) mass is 1140 g/mol. The van der Waals surface area contributed by atoms with Gasteiger partial charge in [0.1, 0.15) is 13.2 Å². The number of unbranched alkanes of at least 4 members (excludes halogenated alkanes) is 17. The number of esters is 3. The Hall–Kier alpha value is -5.49. The van der Waals surface area contributed by atoms with Crippen LogP contribution in [0, 0.1) is 0 Å². The zero-order valence-electron chi connectivity index (χ0n) is 53.1. The third kappa shape index (κ3) is 67.2. The predicted octanol–water partition coefficient (Wildman–Crippen LogP) is 23.2. The lowest BCUT2D eigenvalue weighted by molar-refractivity contribution is -0.167. The standard InChI is InChI=1S/C77H120O6/c1-4-7-10-13-16-19-22-25-28-30-31-32-33-34-35-36-37-38-39-40-41-42-43-44-45-47-49-52-55-58-61-64-67-70-76(79)82-73-74(72-81-75(78)69-66-63-60-57-54-51-48-27-24-21-18-15-12-9-6-3)83-77(80)71-68-65-62-59-56-53-50-46-29-26-23-20-17-14-11-8-5-2/h7-8,10-11,16-17,19-20,25-29,31-32,34-35,37-38,40-41,43-44,47-50,53,59,62,74H,4-6,9,12-15,18,21-24,30,33,36,39,42,45-46,51-52,54-58,60-61,63-73H2,1-3H3/b10-7-,11-8-,19-16-,20-17-,28-25-,29-26-,32-31-,35-34-,38-37-,41-40-,44-43-,48-27-,49-47-,53-50-,62-59-. The van der Waals surface area contributed by atoms with Gasteiger partial charge in [-0.3, -0.25) is 14.4 Å². The Kier molecular flexibility index (Phi) is 64.4. The lowest BCUT2D eigenvalue weighted by atomic mass is 10.1. The zero-order chi connectivity index (χ0) is 59.9. The van der Waals surface area contributed by atoms with Crippen molar-refractivity contribution in [3.63, 3.8) is 0 Å². The van der Waals surface area contributed by atoms with E-state index in [9.17, 15) is 14.4 Å². The van der Waals surface area contributed by atoms with Gasteiger partial charge in [-0.25, -0.2) is 0 Å². The smallest absolute Gasteiger partial charge is 0.306 e. The fourth-order valence-corrected chi connectivity index (χ4v) is 8.46. The van der Waals surface area contributed by atoms with Crippen LogP contribution in [0.4, 0.5) is 0 Å². The van der Waals surface area contributed by atoms with Gasteiger partial charge in [0.15, 0.2) is 6.10 Å². The van der Waals surface area contributed by atoms with E-state index in [1.165, 1.54) is 51.4 Å². The number of hydrogen-bond acceptors (Lipinski definition) is 6. The molecule has 6 nitrogen and oxygen atoms in total. The van der Waals surface area contributed by atoms with Crippen LogP contribution in [0.1, 0.15) is 265 Å². The molecule has 0 fully saturated rings. The molecule has 0 aromatic carbocycles. The highest BCUT2D eigenvalue weighted by molar-refractivity contribution is 5.71. The molecule has 0 aromatic rings. The van der Waals surface area contributed by atoms with E-state index in [4.69, 9.17) is 14.2 Å². The third-order valence-electron chi connectivity index (χ3n) is 13.4. The zero-order valence-corrected chi connectivity index (χ0v) is 53.1. The van der Waals surface area contributed by atoms with Gasteiger partial charge in [0.05, 0.1) is 0 Å². The van der Waals surface area contributed by atoms with Gasteiger partial charge in [-0.15, -0.1) is 0 Å². The fraction of sp³-hybridized carbons (Fsp3) is 0.571. The Morgan fingerprint density at radius 1 is 0.253 bits per heavy atom. The SMILES string of the molecule is CC/C=C\C/C=C\C/C=C\C/C=C\C/C=C\C/C=C\C/C=C\C/C=C\C/C=C\CCCCCCCC(=O)OCC(COC(=O)CCCCCCC/C=C\CCCCCCCC)OC(=O)CCC/C=C\C/C=C\C/C=C\C/C=C\C/C=C\CC. The normalized spacial score (nSPS) is 13.3. The first-order valence-electron chi connectivity index (χ1n) is 33.3. The second kappa shape index (κ2) is 69.0. The molecule has 0 aliphatic heterocycles. The quantitative estimate of drug-likeness (QED) is 0.0261. The number of carbonyl (C=O) groups is 3. The van der Waals surface area contributed by atoms with E-state index in [2.05, 4.69) is 203 Å². The predicted molar refractivity (Wildman–Crippen MR) is 361 cm³/mol. The minimum Gasteiger partial charge on any atom is -0.462 e. The van der Waals surface area contributed by atoms with Crippen LogP contribution in [0.25, 0.3) is 0 Å². The highest BCUT2D eigenvalue weighted by Crippen LogP contribution is 2.13. The molecular formula is C77H120O6. The summed E-state index contributed by atoms with van der Waals surface area (Å²) >= 11 is 0.